The fourth-order valence-electron chi connectivity index (χ4n) is 2.62. The standard InChI is InChI=1S/C14H19N3O2/c18-13-10-12(11-4-2-1-3-5-11)15-14(16-13)17-6-8-19-9-7-17/h1-5,12,14-15H,6-10H2,(H,16,18). The Hall–Kier alpha value is -1.43. The lowest BCUT2D eigenvalue weighted by molar-refractivity contribution is -0.128. The zero-order chi connectivity index (χ0) is 13.1. The predicted molar refractivity (Wildman–Crippen MR) is 71.3 cm³/mol. The quantitative estimate of drug-likeness (QED) is 0.812. The fraction of sp³-hybridized carbons (Fsp3) is 0.500. The third kappa shape index (κ3) is 2.94. The molecule has 102 valence electrons. The van der Waals surface area contributed by atoms with E-state index in [4.69, 9.17) is 4.74 Å². The van der Waals surface area contributed by atoms with E-state index in [1.807, 2.05) is 18.2 Å². The number of hydrogen-bond donors (Lipinski definition) is 2. The van der Waals surface area contributed by atoms with Crippen molar-refractivity contribution in [3.63, 3.8) is 0 Å². The first-order chi connectivity index (χ1) is 9.33. The van der Waals surface area contributed by atoms with Gasteiger partial charge >= 0.3 is 0 Å². The van der Waals surface area contributed by atoms with E-state index in [-0.39, 0.29) is 18.2 Å². The van der Waals surface area contributed by atoms with Crippen molar-refractivity contribution in [3.05, 3.63) is 35.9 Å². The zero-order valence-corrected chi connectivity index (χ0v) is 10.8. The lowest BCUT2D eigenvalue weighted by Gasteiger charge is -2.40. The molecule has 1 amide bonds. The van der Waals surface area contributed by atoms with Crippen LogP contribution in [0.2, 0.25) is 0 Å². The lowest BCUT2D eigenvalue weighted by Crippen LogP contribution is -2.63. The Morgan fingerprint density at radius 1 is 1.16 bits per heavy atom. The zero-order valence-electron chi connectivity index (χ0n) is 10.8. The van der Waals surface area contributed by atoms with E-state index in [0.717, 1.165) is 31.9 Å². The average molecular weight is 261 g/mol. The van der Waals surface area contributed by atoms with Crippen molar-refractivity contribution in [3.8, 4) is 0 Å². The van der Waals surface area contributed by atoms with E-state index in [1.54, 1.807) is 0 Å². The molecule has 3 rings (SSSR count). The molecule has 0 spiro atoms. The van der Waals surface area contributed by atoms with Crippen LogP contribution < -0.4 is 10.6 Å². The average Bonchev–Trinajstić information content (AvgIpc) is 2.48. The first-order valence-corrected chi connectivity index (χ1v) is 6.75. The summed E-state index contributed by atoms with van der Waals surface area (Å²) in [6.45, 7) is 3.15. The Kier molecular flexibility index (Phi) is 3.77. The summed E-state index contributed by atoms with van der Waals surface area (Å²) >= 11 is 0. The number of rotatable bonds is 2. The van der Waals surface area contributed by atoms with Crippen LogP contribution in [0.15, 0.2) is 30.3 Å². The summed E-state index contributed by atoms with van der Waals surface area (Å²) in [6.07, 6.45) is 0.403. The van der Waals surface area contributed by atoms with Crippen LogP contribution in [0.5, 0.6) is 0 Å². The first-order valence-electron chi connectivity index (χ1n) is 6.75. The SMILES string of the molecule is O=C1CC(c2ccccc2)NC(N2CCOCC2)N1. The predicted octanol–water partition coefficient (Wildman–Crippen LogP) is 0.453. The van der Waals surface area contributed by atoms with Gasteiger partial charge in [-0.05, 0) is 5.56 Å². The highest BCUT2D eigenvalue weighted by Crippen LogP contribution is 2.20. The molecule has 2 N–H and O–H groups in total. The van der Waals surface area contributed by atoms with Crippen molar-refractivity contribution in [1.29, 1.82) is 0 Å². The molecule has 1 aromatic carbocycles. The summed E-state index contributed by atoms with van der Waals surface area (Å²) < 4.78 is 5.35. The highest BCUT2D eigenvalue weighted by atomic mass is 16.5. The number of nitrogens with one attached hydrogen (secondary N) is 2. The molecule has 2 atom stereocenters. The van der Waals surface area contributed by atoms with Crippen LogP contribution in [-0.2, 0) is 9.53 Å². The minimum atomic E-state index is -0.0876. The highest BCUT2D eigenvalue weighted by molar-refractivity contribution is 5.78. The fourth-order valence-corrected chi connectivity index (χ4v) is 2.62. The van der Waals surface area contributed by atoms with Gasteiger partial charge < -0.3 is 10.1 Å². The van der Waals surface area contributed by atoms with Gasteiger partial charge in [0.25, 0.3) is 0 Å². The van der Waals surface area contributed by atoms with Crippen LogP contribution in [0.4, 0.5) is 0 Å². The van der Waals surface area contributed by atoms with Gasteiger partial charge in [-0.3, -0.25) is 15.0 Å². The van der Waals surface area contributed by atoms with Crippen molar-refractivity contribution in [2.45, 2.75) is 18.8 Å². The van der Waals surface area contributed by atoms with Gasteiger partial charge in [-0.25, -0.2) is 0 Å². The summed E-state index contributed by atoms with van der Waals surface area (Å²) in [4.78, 5) is 14.1. The van der Waals surface area contributed by atoms with Crippen LogP contribution in [-0.4, -0.2) is 43.4 Å². The molecule has 5 nitrogen and oxygen atoms in total. The molecular weight excluding hydrogens is 242 g/mol. The second kappa shape index (κ2) is 5.69. The van der Waals surface area contributed by atoms with Gasteiger partial charge in [0.2, 0.25) is 5.91 Å². The summed E-state index contributed by atoms with van der Waals surface area (Å²) in [5.74, 6) is 0.101. The third-order valence-electron chi connectivity index (χ3n) is 3.66. The molecule has 0 aliphatic carbocycles. The number of benzene rings is 1. The van der Waals surface area contributed by atoms with E-state index in [2.05, 4.69) is 27.7 Å². The summed E-state index contributed by atoms with van der Waals surface area (Å²) in [6, 6.07) is 10.2. The number of nitrogens with zero attached hydrogens (tertiary/aromatic N) is 1. The molecule has 1 aromatic rings. The summed E-state index contributed by atoms with van der Waals surface area (Å²) in [5.41, 5.74) is 1.16. The van der Waals surface area contributed by atoms with Crippen molar-refractivity contribution in [1.82, 2.24) is 15.5 Å². The maximum Gasteiger partial charge on any atom is 0.224 e. The Morgan fingerprint density at radius 3 is 2.63 bits per heavy atom. The van der Waals surface area contributed by atoms with Crippen LogP contribution in [0.25, 0.3) is 0 Å². The number of morpholine rings is 1. The maximum absolute atomic E-state index is 11.9. The van der Waals surface area contributed by atoms with Gasteiger partial charge in [-0.2, -0.15) is 0 Å². The Morgan fingerprint density at radius 2 is 1.89 bits per heavy atom. The lowest BCUT2D eigenvalue weighted by atomic mass is 10.0. The number of ether oxygens (including phenoxy) is 1. The third-order valence-corrected chi connectivity index (χ3v) is 3.66. The van der Waals surface area contributed by atoms with Gasteiger partial charge in [0, 0.05) is 25.6 Å². The molecule has 2 aliphatic heterocycles. The van der Waals surface area contributed by atoms with Gasteiger partial charge in [0.05, 0.1) is 13.2 Å². The largest absolute Gasteiger partial charge is 0.379 e. The molecule has 2 heterocycles. The number of amides is 1. The monoisotopic (exact) mass is 261 g/mol. The van der Waals surface area contributed by atoms with Crippen molar-refractivity contribution in [2.24, 2.45) is 0 Å². The van der Waals surface area contributed by atoms with Crippen molar-refractivity contribution >= 4 is 5.91 Å². The molecule has 0 bridgehead atoms. The van der Waals surface area contributed by atoms with Crippen molar-refractivity contribution in [2.75, 3.05) is 26.3 Å². The Labute approximate surface area is 112 Å². The molecule has 2 aliphatic rings. The molecule has 2 fully saturated rings. The van der Waals surface area contributed by atoms with Gasteiger partial charge in [-0.15, -0.1) is 0 Å². The van der Waals surface area contributed by atoms with Gasteiger partial charge in [0.15, 0.2) is 0 Å². The second-order valence-corrected chi connectivity index (χ2v) is 4.95. The minimum absolute atomic E-state index is 0.0859. The summed E-state index contributed by atoms with van der Waals surface area (Å²) in [5, 5.41) is 6.51. The Bertz CT molecular complexity index is 432. The molecule has 2 unspecified atom stereocenters. The second-order valence-electron chi connectivity index (χ2n) is 4.95. The highest BCUT2D eigenvalue weighted by Gasteiger charge is 2.31. The van der Waals surface area contributed by atoms with Gasteiger partial charge in [-0.1, -0.05) is 30.3 Å². The van der Waals surface area contributed by atoms with Crippen LogP contribution >= 0.6 is 0 Å². The van der Waals surface area contributed by atoms with E-state index in [1.165, 1.54) is 0 Å². The number of carbonyl (C=O) groups excluding carboxylic acids is 1. The van der Waals surface area contributed by atoms with E-state index >= 15 is 0 Å². The topological polar surface area (TPSA) is 53.6 Å². The molecule has 5 heteroatoms. The van der Waals surface area contributed by atoms with Gasteiger partial charge in [0.1, 0.15) is 6.29 Å². The molecular formula is C14H19N3O2. The van der Waals surface area contributed by atoms with E-state index in [0.29, 0.717) is 6.42 Å². The normalized spacial score (nSPS) is 28.9. The molecule has 0 aromatic heterocycles. The van der Waals surface area contributed by atoms with Crippen molar-refractivity contribution < 1.29 is 9.53 Å². The number of carbonyl (C=O) groups is 1. The first kappa shape index (κ1) is 12.6. The molecule has 0 saturated carbocycles. The molecule has 2 saturated heterocycles. The van der Waals surface area contributed by atoms with Crippen LogP contribution in [0.1, 0.15) is 18.0 Å². The smallest absolute Gasteiger partial charge is 0.224 e. The number of hydrogen-bond acceptors (Lipinski definition) is 4. The summed E-state index contributed by atoms with van der Waals surface area (Å²) in [7, 11) is 0. The van der Waals surface area contributed by atoms with E-state index < -0.39 is 0 Å². The van der Waals surface area contributed by atoms with Crippen LogP contribution in [0.3, 0.4) is 0 Å². The van der Waals surface area contributed by atoms with Crippen LogP contribution in [0, 0.1) is 0 Å². The molecule has 19 heavy (non-hydrogen) atoms. The Balaban J connectivity index is 1.71. The van der Waals surface area contributed by atoms with E-state index in [9.17, 15) is 4.79 Å². The molecule has 0 radical (unpaired) electrons. The minimum Gasteiger partial charge on any atom is -0.379 e. The maximum atomic E-state index is 11.9.